The van der Waals surface area contributed by atoms with Crippen LogP contribution in [-0.4, -0.2) is 43.9 Å². The number of methoxy groups -OCH3 is 1. The Bertz CT molecular complexity index is 302. The van der Waals surface area contributed by atoms with Crippen LogP contribution in [0.25, 0.3) is 0 Å². The molecular weight excluding hydrogens is 202 g/mol. The Kier molecular flexibility index (Phi) is 6.08. The summed E-state index contributed by atoms with van der Waals surface area (Å²) in [6.07, 6.45) is 0.732. The molecule has 16 heavy (non-hydrogen) atoms. The molecule has 1 aromatic rings. The second-order valence-corrected chi connectivity index (χ2v) is 4.02. The molecule has 0 atom stereocenters. The van der Waals surface area contributed by atoms with Crippen LogP contribution in [0.2, 0.25) is 0 Å². The van der Waals surface area contributed by atoms with E-state index in [0.717, 1.165) is 26.1 Å². The first-order valence-corrected chi connectivity index (χ1v) is 5.62. The summed E-state index contributed by atoms with van der Waals surface area (Å²) in [5.41, 5.74) is 2.48. The highest BCUT2D eigenvalue weighted by atomic mass is 16.5. The molecule has 0 fully saturated rings. The zero-order chi connectivity index (χ0) is 11.8. The van der Waals surface area contributed by atoms with E-state index in [-0.39, 0.29) is 6.61 Å². The number of ether oxygens (including phenoxy) is 1. The van der Waals surface area contributed by atoms with Gasteiger partial charge in [-0.25, -0.2) is 0 Å². The van der Waals surface area contributed by atoms with Crippen LogP contribution < -0.4 is 0 Å². The van der Waals surface area contributed by atoms with Gasteiger partial charge in [-0.05, 0) is 24.6 Å². The Morgan fingerprint density at radius 3 is 2.75 bits per heavy atom. The molecule has 0 saturated heterocycles. The van der Waals surface area contributed by atoms with Crippen molar-refractivity contribution in [1.82, 2.24) is 4.90 Å². The molecule has 3 heteroatoms. The summed E-state index contributed by atoms with van der Waals surface area (Å²) >= 11 is 0. The second kappa shape index (κ2) is 7.39. The maximum Gasteiger partial charge on any atom is 0.0589 e. The highest BCUT2D eigenvalue weighted by Gasteiger charge is 2.01. The minimum atomic E-state index is 0.211. The summed E-state index contributed by atoms with van der Waals surface area (Å²) in [4.78, 5) is 2.22. The van der Waals surface area contributed by atoms with Gasteiger partial charge < -0.3 is 9.84 Å². The first kappa shape index (κ1) is 13.2. The third-order valence-corrected chi connectivity index (χ3v) is 2.52. The fraction of sp³-hybridized carbons (Fsp3) is 0.538. The molecule has 1 aromatic carbocycles. The SMILES string of the molecule is COCCN(C)Cc1cccc(CCO)c1. The van der Waals surface area contributed by atoms with Crippen molar-refractivity contribution in [3.8, 4) is 0 Å². The van der Waals surface area contributed by atoms with Crippen LogP contribution in [0.1, 0.15) is 11.1 Å². The van der Waals surface area contributed by atoms with Gasteiger partial charge in [0.1, 0.15) is 0 Å². The van der Waals surface area contributed by atoms with Crippen LogP contribution in [0.3, 0.4) is 0 Å². The number of benzene rings is 1. The van der Waals surface area contributed by atoms with E-state index in [9.17, 15) is 0 Å². The molecule has 0 aliphatic rings. The summed E-state index contributed by atoms with van der Waals surface area (Å²) < 4.78 is 5.04. The summed E-state index contributed by atoms with van der Waals surface area (Å²) in [6, 6.07) is 8.36. The summed E-state index contributed by atoms with van der Waals surface area (Å²) in [5.74, 6) is 0. The molecule has 90 valence electrons. The first-order chi connectivity index (χ1) is 7.76. The molecule has 3 nitrogen and oxygen atoms in total. The Hall–Kier alpha value is -0.900. The normalized spacial score (nSPS) is 11.0. The molecule has 0 spiro atoms. The number of nitrogens with zero attached hydrogens (tertiary/aromatic N) is 1. The molecule has 0 aliphatic heterocycles. The Morgan fingerprint density at radius 1 is 1.31 bits per heavy atom. The van der Waals surface area contributed by atoms with E-state index in [2.05, 4.69) is 30.1 Å². The van der Waals surface area contributed by atoms with Crippen LogP contribution in [0.15, 0.2) is 24.3 Å². The molecule has 1 rings (SSSR count). The highest BCUT2D eigenvalue weighted by molar-refractivity contribution is 5.23. The van der Waals surface area contributed by atoms with Gasteiger partial charge in [-0.15, -0.1) is 0 Å². The van der Waals surface area contributed by atoms with Crippen molar-refractivity contribution in [3.05, 3.63) is 35.4 Å². The van der Waals surface area contributed by atoms with Gasteiger partial charge in [0.2, 0.25) is 0 Å². The van der Waals surface area contributed by atoms with Gasteiger partial charge in [-0.1, -0.05) is 24.3 Å². The van der Waals surface area contributed by atoms with Gasteiger partial charge in [0.05, 0.1) is 6.61 Å². The van der Waals surface area contributed by atoms with Crippen molar-refractivity contribution in [2.75, 3.05) is 33.9 Å². The fourth-order valence-electron chi connectivity index (χ4n) is 1.65. The van der Waals surface area contributed by atoms with Crippen LogP contribution in [0.5, 0.6) is 0 Å². The van der Waals surface area contributed by atoms with Crippen LogP contribution in [0, 0.1) is 0 Å². The van der Waals surface area contributed by atoms with Crippen molar-refractivity contribution in [2.45, 2.75) is 13.0 Å². The molecule has 0 bridgehead atoms. The van der Waals surface area contributed by atoms with Crippen molar-refractivity contribution in [3.63, 3.8) is 0 Å². The van der Waals surface area contributed by atoms with Crippen molar-refractivity contribution in [2.24, 2.45) is 0 Å². The minimum Gasteiger partial charge on any atom is -0.396 e. The predicted molar refractivity (Wildman–Crippen MR) is 65.4 cm³/mol. The van der Waals surface area contributed by atoms with Crippen LogP contribution >= 0.6 is 0 Å². The quantitative estimate of drug-likeness (QED) is 0.756. The standard InChI is InChI=1S/C13H21NO2/c1-14(7-9-16-2)11-13-5-3-4-12(10-13)6-8-15/h3-5,10,15H,6-9,11H2,1-2H3. The van der Waals surface area contributed by atoms with Gasteiger partial charge in [0, 0.05) is 26.8 Å². The van der Waals surface area contributed by atoms with Gasteiger partial charge in [-0.3, -0.25) is 4.90 Å². The Balaban J connectivity index is 2.49. The van der Waals surface area contributed by atoms with E-state index >= 15 is 0 Å². The van der Waals surface area contributed by atoms with E-state index in [1.807, 2.05) is 6.07 Å². The first-order valence-electron chi connectivity index (χ1n) is 5.62. The smallest absolute Gasteiger partial charge is 0.0589 e. The lowest BCUT2D eigenvalue weighted by Gasteiger charge is -2.16. The number of likely N-dealkylation sites (N-methyl/N-ethyl adjacent to an activating group) is 1. The molecule has 0 radical (unpaired) electrons. The molecule has 0 heterocycles. The van der Waals surface area contributed by atoms with E-state index in [1.54, 1.807) is 7.11 Å². The molecule has 0 amide bonds. The monoisotopic (exact) mass is 223 g/mol. The molecule has 1 N–H and O–H groups in total. The highest BCUT2D eigenvalue weighted by Crippen LogP contribution is 2.08. The minimum absolute atomic E-state index is 0.211. The lowest BCUT2D eigenvalue weighted by atomic mass is 10.1. The maximum atomic E-state index is 8.88. The van der Waals surface area contributed by atoms with E-state index < -0.39 is 0 Å². The summed E-state index contributed by atoms with van der Waals surface area (Å²) in [6.45, 7) is 2.82. The molecule has 0 aliphatic carbocycles. The second-order valence-electron chi connectivity index (χ2n) is 4.02. The number of aliphatic hydroxyl groups excluding tert-OH is 1. The third kappa shape index (κ3) is 4.75. The van der Waals surface area contributed by atoms with Crippen LogP contribution in [0.4, 0.5) is 0 Å². The zero-order valence-electron chi connectivity index (χ0n) is 10.1. The summed E-state index contributed by atoms with van der Waals surface area (Å²) in [7, 11) is 3.80. The average molecular weight is 223 g/mol. The maximum absolute atomic E-state index is 8.88. The predicted octanol–water partition coefficient (Wildman–Crippen LogP) is 1.30. The van der Waals surface area contributed by atoms with E-state index in [0.29, 0.717) is 0 Å². The Morgan fingerprint density at radius 2 is 2.06 bits per heavy atom. The summed E-state index contributed by atoms with van der Waals surface area (Å²) in [5, 5.41) is 8.88. The molecule has 0 saturated carbocycles. The third-order valence-electron chi connectivity index (χ3n) is 2.52. The zero-order valence-corrected chi connectivity index (χ0v) is 10.1. The molecular formula is C13H21NO2. The number of hydrogen-bond donors (Lipinski definition) is 1. The number of hydrogen-bond acceptors (Lipinski definition) is 3. The van der Waals surface area contributed by atoms with Crippen molar-refractivity contribution < 1.29 is 9.84 Å². The van der Waals surface area contributed by atoms with Gasteiger partial charge in [0.15, 0.2) is 0 Å². The van der Waals surface area contributed by atoms with E-state index in [4.69, 9.17) is 9.84 Å². The van der Waals surface area contributed by atoms with E-state index in [1.165, 1.54) is 11.1 Å². The average Bonchev–Trinajstić information content (AvgIpc) is 2.27. The van der Waals surface area contributed by atoms with Crippen molar-refractivity contribution >= 4 is 0 Å². The number of aliphatic hydroxyl groups is 1. The van der Waals surface area contributed by atoms with Gasteiger partial charge in [0.25, 0.3) is 0 Å². The number of rotatable bonds is 7. The molecule has 0 aromatic heterocycles. The molecule has 0 unspecified atom stereocenters. The topological polar surface area (TPSA) is 32.7 Å². The van der Waals surface area contributed by atoms with Gasteiger partial charge in [-0.2, -0.15) is 0 Å². The van der Waals surface area contributed by atoms with Crippen molar-refractivity contribution in [1.29, 1.82) is 0 Å². The van der Waals surface area contributed by atoms with Gasteiger partial charge >= 0.3 is 0 Å². The lowest BCUT2D eigenvalue weighted by Crippen LogP contribution is -2.22. The fourth-order valence-corrected chi connectivity index (χ4v) is 1.65. The van der Waals surface area contributed by atoms with Crippen LogP contribution in [-0.2, 0) is 17.7 Å². The Labute approximate surface area is 97.7 Å². The lowest BCUT2D eigenvalue weighted by molar-refractivity contribution is 0.158. The largest absolute Gasteiger partial charge is 0.396 e.